The number of hydrogen-bond donors (Lipinski definition) is 1. The third-order valence-electron chi connectivity index (χ3n) is 3.53. The Kier molecular flexibility index (Phi) is 4.16. The van der Waals surface area contributed by atoms with Gasteiger partial charge in [0.05, 0.1) is 16.7 Å². The Morgan fingerprint density at radius 3 is 2.85 bits per heavy atom. The molecule has 2 nitrogen and oxygen atoms in total. The van der Waals surface area contributed by atoms with E-state index in [1.807, 2.05) is 30.3 Å². The van der Waals surface area contributed by atoms with Gasteiger partial charge in [-0.25, -0.2) is 0 Å². The molecule has 3 rings (SSSR count). The fourth-order valence-electron chi connectivity index (χ4n) is 2.47. The number of rotatable bonds is 3. The molecule has 20 heavy (non-hydrogen) atoms. The van der Waals surface area contributed by atoms with Gasteiger partial charge in [-0.15, -0.1) is 0 Å². The molecule has 0 fully saturated rings. The van der Waals surface area contributed by atoms with Crippen LogP contribution in [0, 0.1) is 0 Å². The summed E-state index contributed by atoms with van der Waals surface area (Å²) in [6, 6.07) is 14.1. The molecule has 1 unspecified atom stereocenters. The number of fused-ring (bicyclic) bond motifs is 1. The van der Waals surface area contributed by atoms with Crippen molar-refractivity contribution >= 4 is 23.2 Å². The van der Waals surface area contributed by atoms with Crippen LogP contribution in [0.1, 0.15) is 23.6 Å². The van der Waals surface area contributed by atoms with E-state index in [0.717, 1.165) is 24.3 Å². The van der Waals surface area contributed by atoms with Crippen LogP contribution in [0.5, 0.6) is 5.75 Å². The number of hydrogen-bond acceptors (Lipinski definition) is 2. The fourth-order valence-corrected chi connectivity index (χ4v) is 2.86. The van der Waals surface area contributed by atoms with Gasteiger partial charge in [0.25, 0.3) is 0 Å². The first-order valence-corrected chi connectivity index (χ1v) is 7.39. The van der Waals surface area contributed by atoms with Crippen molar-refractivity contribution in [1.29, 1.82) is 0 Å². The number of halogens is 2. The van der Waals surface area contributed by atoms with Gasteiger partial charge in [-0.05, 0) is 17.7 Å². The predicted octanol–water partition coefficient (Wildman–Crippen LogP) is 4.61. The molecule has 0 bridgehead atoms. The largest absolute Gasteiger partial charge is 0.493 e. The molecule has 0 aliphatic carbocycles. The fraction of sp³-hybridized carbons (Fsp3) is 0.250. The highest BCUT2D eigenvalue weighted by Gasteiger charge is 2.20. The Morgan fingerprint density at radius 2 is 1.95 bits per heavy atom. The van der Waals surface area contributed by atoms with Crippen molar-refractivity contribution in [3.05, 3.63) is 63.6 Å². The summed E-state index contributed by atoms with van der Waals surface area (Å²) in [7, 11) is 0. The number of nitrogens with one attached hydrogen (secondary N) is 1. The van der Waals surface area contributed by atoms with Crippen molar-refractivity contribution in [1.82, 2.24) is 5.32 Å². The number of para-hydroxylation sites is 1. The number of benzene rings is 2. The molecule has 1 aliphatic heterocycles. The second kappa shape index (κ2) is 6.04. The average Bonchev–Trinajstić information content (AvgIpc) is 2.49. The van der Waals surface area contributed by atoms with Gasteiger partial charge in [0.2, 0.25) is 0 Å². The van der Waals surface area contributed by atoms with E-state index in [1.165, 1.54) is 5.56 Å². The summed E-state index contributed by atoms with van der Waals surface area (Å²) in [6.07, 6.45) is 0.954. The lowest BCUT2D eigenvalue weighted by Gasteiger charge is -2.27. The Balaban J connectivity index is 1.75. The zero-order chi connectivity index (χ0) is 13.9. The van der Waals surface area contributed by atoms with E-state index in [0.29, 0.717) is 16.6 Å². The first-order valence-electron chi connectivity index (χ1n) is 6.63. The smallest absolute Gasteiger partial charge is 0.124 e. The van der Waals surface area contributed by atoms with Gasteiger partial charge in [-0.1, -0.05) is 53.5 Å². The van der Waals surface area contributed by atoms with Crippen molar-refractivity contribution in [3.63, 3.8) is 0 Å². The molecule has 0 saturated heterocycles. The molecular weight excluding hydrogens is 293 g/mol. The van der Waals surface area contributed by atoms with Crippen LogP contribution in [0.15, 0.2) is 42.5 Å². The predicted molar refractivity (Wildman–Crippen MR) is 82.6 cm³/mol. The molecule has 4 heteroatoms. The first-order chi connectivity index (χ1) is 9.75. The summed E-state index contributed by atoms with van der Waals surface area (Å²) in [5, 5.41) is 4.76. The van der Waals surface area contributed by atoms with Crippen molar-refractivity contribution in [2.75, 3.05) is 6.61 Å². The molecule has 1 aliphatic rings. The minimum Gasteiger partial charge on any atom is -0.493 e. The molecule has 0 aromatic heterocycles. The van der Waals surface area contributed by atoms with Crippen LogP contribution in [-0.4, -0.2) is 6.61 Å². The quantitative estimate of drug-likeness (QED) is 0.894. The summed E-state index contributed by atoms with van der Waals surface area (Å²) in [5.74, 6) is 0.966. The molecule has 0 amide bonds. The van der Waals surface area contributed by atoms with E-state index in [4.69, 9.17) is 27.9 Å². The maximum atomic E-state index is 6.21. The van der Waals surface area contributed by atoms with E-state index in [9.17, 15) is 0 Å². The third-order valence-corrected chi connectivity index (χ3v) is 4.39. The lowest BCUT2D eigenvalue weighted by molar-refractivity contribution is 0.252. The number of ether oxygens (including phenoxy) is 1. The Labute approximate surface area is 128 Å². The zero-order valence-corrected chi connectivity index (χ0v) is 12.4. The highest BCUT2D eigenvalue weighted by molar-refractivity contribution is 6.42. The van der Waals surface area contributed by atoms with Gasteiger partial charge in [-0.3, -0.25) is 0 Å². The van der Waals surface area contributed by atoms with E-state index in [2.05, 4.69) is 11.4 Å². The Hall–Kier alpha value is -1.22. The molecule has 0 spiro atoms. The van der Waals surface area contributed by atoms with Crippen molar-refractivity contribution in [2.45, 2.75) is 19.0 Å². The van der Waals surface area contributed by atoms with Crippen LogP contribution in [0.3, 0.4) is 0 Å². The second-order valence-electron chi connectivity index (χ2n) is 4.82. The third kappa shape index (κ3) is 2.78. The van der Waals surface area contributed by atoms with Crippen LogP contribution in [0.2, 0.25) is 10.0 Å². The molecule has 1 N–H and O–H groups in total. The van der Waals surface area contributed by atoms with E-state index in [-0.39, 0.29) is 6.04 Å². The molecule has 1 heterocycles. The van der Waals surface area contributed by atoms with Gasteiger partial charge >= 0.3 is 0 Å². The average molecular weight is 308 g/mol. The minimum absolute atomic E-state index is 0.287. The molecule has 0 radical (unpaired) electrons. The second-order valence-corrected chi connectivity index (χ2v) is 5.61. The Morgan fingerprint density at radius 1 is 1.10 bits per heavy atom. The maximum Gasteiger partial charge on any atom is 0.124 e. The SMILES string of the molecule is Clc1cccc(CNC2CCOc3ccccc32)c1Cl. The highest BCUT2D eigenvalue weighted by atomic mass is 35.5. The van der Waals surface area contributed by atoms with E-state index < -0.39 is 0 Å². The molecule has 2 aromatic rings. The van der Waals surface area contributed by atoms with E-state index >= 15 is 0 Å². The Bertz CT molecular complexity index is 615. The molecular formula is C16H15Cl2NO. The van der Waals surface area contributed by atoms with Crippen molar-refractivity contribution in [3.8, 4) is 5.75 Å². The van der Waals surface area contributed by atoms with Gasteiger partial charge < -0.3 is 10.1 Å². The summed E-state index contributed by atoms with van der Waals surface area (Å²) < 4.78 is 5.66. The maximum absolute atomic E-state index is 6.21. The lowest BCUT2D eigenvalue weighted by atomic mass is 10.0. The zero-order valence-electron chi connectivity index (χ0n) is 10.9. The first kappa shape index (κ1) is 13.7. The van der Waals surface area contributed by atoms with Crippen molar-refractivity contribution < 1.29 is 4.74 Å². The van der Waals surface area contributed by atoms with Gasteiger partial charge in [0, 0.05) is 24.6 Å². The molecule has 2 aromatic carbocycles. The van der Waals surface area contributed by atoms with Crippen LogP contribution in [-0.2, 0) is 6.54 Å². The van der Waals surface area contributed by atoms with Crippen molar-refractivity contribution in [2.24, 2.45) is 0 Å². The molecule has 104 valence electrons. The van der Waals surface area contributed by atoms with Gasteiger partial charge in [0.1, 0.15) is 5.75 Å². The van der Waals surface area contributed by atoms with Crippen LogP contribution >= 0.6 is 23.2 Å². The molecule has 1 atom stereocenters. The van der Waals surface area contributed by atoms with Crippen LogP contribution < -0.4 is 10.1 Å². The topological polar surface area (TPSA) is 21.3 Å². The van der Waals surface area contributed by atoms with Crippen LogP contribution in [0.25, 0.3) is 0 Å². The normalized spacial score (nSPS) is 17.4. The highest BCUT2D eigenvalue weighted by Crippen LogP contribution is 2.32. The van der Waals surface area contributed by atoms with Gasteiger partial charge in [0.15, 0.2) is 0 Å². The monoisotopic (exact) mass is 307 g/mol. The summed E-state index contributed by atoms with van der Waals surface area (Å²) in [4.78, 5) is 0. The van der Waals surface area contributed by atoms with E-state index in [1.54, 1.807) is 6.07 Å². The summed E-state index contributed by atoms with van der Waals surface area (Å²) >= 11 is 12.3. The molecule has 0 saturated carbocycles. The minimum atomic E-state index is 0.287. The lowest BCUT2D eigenvalue weighted by Crippen LogP contribution is -2.26. The standard InChI is InChI=1S/C16H15Cl2NO/c17-13-6-3-4-11(16(13)18)10-19-14-8-9-20-15-7-2-1-5-12(14)15/h1-7,14,19H,8-10H2. The van der Waals surface area contributed by atoms with Crippen LogP contribution in [0.4, 0.5) is 0 Å². The van der Waals surface area contributed by atoms with Gasteiger partial charge in [-0.2, -0.15) is 0 Å². The summed E-state index contributed by atoms with van der Waals surface area (Å²) in [5.41, 5.74) is 2.22. The summed E-state index contributed by atoms with van der Waals surface area (Å²) in [6.45, 7) is 1.43.